The molecular weight excluding hydrogens is 298 g/mol. The summed E-state index contributed by atoms with van der Waals surface area (Å²) in [6.45, 7) is 5.43. The van der Waals surface area contributed by atoms with Crippen LogP contribution in [0.5, 0.6) is 0 Å². The zero-order valence-electron chi connectivity index (χ0n) is 9.87. The fourth-order valence-corrected chi connectivity index (χ4v) is 2.90. The number of hydrogen-bond donors (Lipinski definition) is 0. The number of nitrogens with zero attached hydrogens (tertiary/aromatic N) is 1. The Morgan fingerprint density at radius 2 is 2.24 bits per heavy atom. The molecule has 2 aromatic rings. The first-order valence-corrected chi connectivity index (χ1v) is 7.11. The van der Waals surface area contributed by atoms with Gasteiger partial charge in [-0.1, -0.05) is 28.1 Å². The van der Waals surface area contributed by atoms with Gasteiger partial charge in [-0.25, -0.2) is 4.98 Å². The molecule has 0 N–H and O–H groups in total. The first-order chi connectivity index (χ1) is 8.20. The quantitative estimate of drug-likeness (QED) is 0.834. The molecule has 2 rings (SSSR count). The Balaban J connectivity index is 2.29. The van der Waals surface area contributed by atoms with Gasteiger partial charge in [0.1, 0.15) is 5.01 Å². The minimum atomic E-state index is 0.607. The molecule has 2 nitrogen and oxygen atoms in total. The summed E-state index contributed by atoms with van der Waals surface area (Å²) in [6.07, 6.45) is 0. The van der Waals surface area contributed by atoms with Crippen LogP contribution < -0.4 is 0 Å². The van der Waals surface area contributed by atoms with Gasteiger partial charge in [0, 0.05) is 21.5 Å². The van der Waals surface area contributed by atoms with Gasteiger partial charge in [-0.3, -0.25) is 0 Å². The van der Waals surface area contributed by atoms with Gasteiger partial charge < -0.3 is 4.74 Å². The molecule has 1 aromatic carbocycles. The Labute approximate surface area is 114 Å². The Morgan fingerprint density at radius 1 is 1.41 bits per heavy atom. The summed E-state index contributed by atoms with van der Waals surface area (Å²) in [7, 11) is 0. The molecule has 90 valence electrons. The summed E-state index contributed by atoms with van der Waals surface area (Å²) in [5, 5.41) is 1.04. The van der Waals surface area contributed by atoms with E-state index in [4.69, 9.17) is 4.74 Å². The molecule has 0 atom stereocenters. The van der Waals surface area contributed by atoms with Crippen molar-refractivity contribution < 1.29 is 4.74 Å². The number of rotatable bonds is 4. The summed E-state index contributed by atoms with van der Waals surface area (Å²) < 4.78 is 6.46. The average molecular weight is 312 g/mol. The van der Waals surface area contributed by atoms with Crippen LogP contribution in [0.15, 0.2) is 28.7 Å². The van der Waals surface area contributed by atoms with E-state index >= 15 is 0 Å². The van der Waals surface area contributed by atoms with Crippen molar-refractivity contribution in [2.24, 2.45) is 0 Å². The molecule has 0 aliphatic rings. The van der Waals surface area contributed by atoms with E-state index in [1.807, 2.05) is 19.1 Å². The highest BCUT2D eigenvalue weighted by atomic mass is 79.9. The van der Waals surface area contributed by atoms with Crippen LogP contribution in [-0.4, -0.2) is 11.6 Å². The lowest BCUT2D eigenvalue weighted by Gasteiger charge is -1.99. The van der Waals surface area contributed by atoms with Crippen molar-refractivity contribution in [1.29, 1.82) is 0 Å². The second-order valence-corrected chi connectivity index (χ2v) is 5.86. The lowest BCUT2D eigenvalue weighted by atomic mass is 10.1. The average Bonchev–Trinajstić information content (AvgIpc) is 2.68. The van der Waals surface area contributed by atoms with Crippen molar-refractivity contribution in [2.45, 2.75) is 20.5 Å². The zero-order valence-corrected chi connectivity index (χ0v) is 12.3. The largest absolute Gasteiger partial charge is 0.375 e. The molecule has 0 bridgehead atoms. The molecule has 0 saturated carbocycles. The maximum atomic E-state index is 5.39. The number of hydrogen-bond acceptors (Lipinski definition) is 3. The smallest absolute Gasteiger partial charge is 0.119 e. The van der Waals surface area contributed by atoms with E-state index in [-0.39, 0.29) is 0 Å². The van der Waals surface area contributed by atoms with Crippen LogP contribution in [0.25, 0.3) is 11.3 Å². The van der Waals surface area contributed by atoms with E-state index < -0.39 is 0 Å². The topological polar surface area (TPSA) is 22.1 Å². The fourth-order valence-electron chi connectivity index (χ4n) is 1.61. The van der Waals surface area contributed by atoms with Crippen molar-refractivity contribution >= 4 is 27.3 Å². The van der Waals surface area contributed by atoms with Crippen LogP contribution in [0, 0.1) is 6.92 Å². The highest BCUT2D eigenvalue weighted by molar-refractivity contribution is 9.10. The van der Waals surface area contributed by atoms with Gasteiger partial charge in [0.25, 0.3) is 0 Å². The van der Waals surface area contributed by atoms with Crippen LogP contribution in [0.4, 0.5) is 0 Å². The molecular formula is C13H14BrNOS. The predicted octanol–water partition coefficient (Wildman–Crippen LogP) is 4.42. The van der Waals surface area contributed by atoms with Crippen LogP contribution in [-0.2, 0) is 11.3 Å². The Morgan fingerprint density at radius 3 is 2.94 bits per heavy atom. The molecule has 1 heterocycles. The highest BCUT2D eigenvalue weighted by Crippen LogP contribution is 2.29. The first-order valence-electron chi connectivity index (χ1n) is 5.50. The van der Waals surface area contributed by atoms with E-state index in [1.54, 1.807) is 11.3 Å². The second-order valence-electron chi connectivity index (χ2n) is 3.66. The molecule has 1 aromatic heterocycles. The zero-order chi connectivity index (χ0) is 12.3. The lowest BCUT2D eigenvalue weighted by molar-refractivity contribution is 0.134. The van der Waals surface area contributed by atoms with Crippen LogP contribution in [0.3, 0.4) is 0 Å². The van der Waals surface area contributed by atoms with Crippen molar-refractivity contribution in [1.82, 2.24) is 4.98 Å². The maximum Gasteiger partial charge on any atom is 0.119 e. The number of halogens is 1. The SMILES string of the molecule is CCOCc1nc(-c2cccc(Br)c2)c(C)s1. The standard InChI is InChI=1S/C13H14BrNOS/c1-3-16-8-12-15-13(9(2)17-12)10-5-4-6-11(14)7-10/h4-7H,3,8H2,1-2H3. The number of benzene rings is 1. The van der Waals surface area contributed by atoms with E-state index in [9.17, 15) is 0 Å². The summed E-state index contributed by atoms with van der Waals surface area (Å²) in [6, 6.07) is 8.22. The maximum absolute atomic E-state index is 5.39. The molecule has 4 heteroatoms. The minimum Gasteiger partial charge on any atom is -0.375 e. The monoisotopic (exact) mass is 311 g/mol. The van der Waals surface area contributed by atoms with Gasteiger partial charge in [0.15, 0.2) is 0 Å². The third-order valence-corrected chi connectivity index (χ3v) is 3.81. The number of aryl methyl sites for hydroxylation is 1. The van der Waals surface area contributed by atoms with Gasteiger partial charge in [-0.15, -0.1) is 11.3 Å². The summed E-state index contributed by atoms with van der Waals surface area (Å²) in [5.74, 6) is 0. The first kappa shape index (κ1) is 12.7. The third kappa shape index (κ3) is 3.15. The van der Waals surface area contributed by atoms with E-state index in [2.05, 4.69) is 40.0 Å². The number of ether oxygens (including phenoxy) is 1. The Hall–Kier alpha value is -0.710. The molecule has 0 amide bonds. The number of thiazole rings is 1. The Kier molecular flexibility index (Phi) is 4.31. The molecule has 0 fully saturated rings. The Bertz CT molecular complexity index is 510. The summed E-state index contributed by atoms with van der Waals surface area (Å²) in [5.41, 5.74) is 2.21. The van der Waals surface area contributed by atoms with Crippen molar-refractivity contribution in [3.05, 3.63) is 38.6 Å². The van der Waals surface area contributed by atoms with Gasteiger partial charge in [0.05, 0.1) is 12.3 Å². The lowest BCUT2D eigenvalue weighted by Crippen LogP contribution is -1.90. The van der Waals surface area contributed by atoms with Crippen molar-refractivity contribution in [2.75, 3.05) is 6.61 Å². The molecule has 0 unspecified atom stereocenters. The van der Waals surface area contributed by atoms with Gasteiger partial charge in [-0.2, -0.15) is 0 Å². The molecule has 0 spiro atoms. The fraction of sp³-hybridized carbons (Fsp3) is 0.308. The summed E-state index contributed by atoms with van der Waals surface area (Å²) >= 11 is 5.19. The highest BCUT2D eigenvalue weighted by Gasteiger charge is 2.09. The van der Waals surface area contributed by atoms with Crippen molar-refractivity contribution in [3.63, 3.8) is 0 Å². The van der Waals surface area contributed by atoms with E-state index in [0.717, 1.165) is 27.3 Å². The van der Waals surface area contributed by atoms with Gasteiger partial charge in [-0.05, 0) is 26.0 Å². The third-order valence-electron chi connectivity index (χ3n) is 2.37. The second kappa shape index (κ2) is 5.76. The van der Waals surface area contributed by atoms with Crippen LogP contribution in [0.1, 0.15) is 16.8 Å². The molecule has 17 heavy (non-hydrogen) atoms. The van der Waals surface area contributed by atoms with Gasteiger partial charge >= 0.3 is 0 Å². The van der Waals surface area contributed by atoms with Crippen LogP contribution >= 0.6 is 27.3 Å². The number of aromatic nitrogens is 1. The predicted molar refractivity (Wildman–Crippen MR) is 75.3 cm³/mol. The molecule has 0 saturated heterocycles. The van der Waals surface area contributed by atoms with E-state index in [1.165, 1.54) is 4.88 Å². The van der Waals surface area contributed by atoms with E-state index in [0.29, 0.717) is 6.61 Å². The normalized spacial score (nSPS) is 10.8. The summed E-state index contributed by atoms with van der Waals surface area (Å²) in [4.78, 5) is 5.87. The minimum absolute atomic E-state index is 0.607. The molecule has 0 aliphatic carbocycles. The van der Waals surface area contributed by atoms with Crippen molar-refractivity contribution in [3.8, 4) is 11.3 Å². The van der Waals surface area contributed by atoms with Gasteiger partial charge in [0.2, 0.25) is 0 Å². The molecule has 0 radical (unpaired) electrons. The van der Waals surface area contributed by atoms with Crippen LogP contribution in [0.2, 0.25) is 0 Å². The molecule has 0 aliphatic heterocycles.